The molecule has 0 aliphatic carbocycles. The zero-order chi connectivity index (χ0) is 18.2. The van der Waals surface area contributed by atoms with Gasteiger partial charge >= 0.3 is 0 Å². The van der Waals surface area contributed by atoms with Crippen LogP contribution >= 0.6 is 23.4 Å². The van der Waals surface area contributed by atoms with E-state index in [9.17, 15) is 14.9 Å². The predicted octanol–water partition coefficient (Wildman–Crippen LogP) is 4.77. The van der Waals surface area contributed by atoms with Crippen molar-refractivity contribution >= 4 is 40.6 Å². The molecule has 2 aromatic rings. The molecule has 8 heteroatoms. The first-order chi connectivity index (χ1) is 12.0. The van der Waals surface area contributed by atoms with Gasteiger partial charge in [-0.05, 0) is 42.5 Å². The molecular weight excluding hydrogens is 364 g/mol. The van der Waals surface area contributed by atoms with Gasteiger partial charge in [-0.3, -0.25) is 14.9 Å². The second kappa shape index (κ2) is 9.29. The van der Waals surface area contributed by atoms with Gasteiger partial charge in [0.05, 0.1) is 23.8 Å². The topological polar surface area (TPSA) is 81.5 Å². The Balaban J connectivity index is 1.81. The lowest BCUT2D eigenvalue weighted by atomic mass is 10.2. The Kier molecular flexibility index (Phi) is 7.09. The summed E-state index contributed by atoms with van der Waals surface area (Å²) in [5.74, 6) is 0.897. The van der Waals surface area contributed by atoms with Crippen LogP contribution in [0.25, 0.3) is 0 Å². The van der Waals surface area contributed by atoms with Gasteiger partial charge in [-0.25, -0.2) is 0 Å². The zero-order valence-corrected chi connectivity index (χ0v) is 15.1. The first-order valence-corrected chi connectivity index (χ1v) is 8.86. The van der Waals surface area contributed by atoms with Crippen LogP contribution in [-0.4, -0.2) is 23.7 Å². The number of methoxy groups -OCH3 is 1. The molecule has 0 unspecified atom stereocenters. The lowest BCUT2D eigenvalue weighted by molar-refractivity contribution is -0.384. The van der Waals surface area contributed by atoms with E-state index in [1.165, 1.54) is 25.3 Å². The summed E-state index contributed by atoms with van der Waals surface area (Å²) in [7, 11) is 1.40. The molecule has 2 aromatic carbocycles. The van der Waals surface area contributed by atoms with Crippen LogP contribution < -0.4 is 10.1 Å². The number of thioether (sulfide) groups is 1. The van der Waals surface area contributed by atoms with Crippen molar-refractivity contribution in [2.75, 3.05) is 18.2 Å². The van der Waals surface area contributed by atoms with Crippen molar-refractivity contribution in [3.8, 4) is 5.75 Å². The normalized spacial score (nSPS) is 10.3. The summed E-state index contributed by atoms with van der Waals surface area (Å²) < 4.78 is 5.10. The lowest BCUT2D eigenvalue weighted by Crippen LogP contribution is -2.12. The summed E-state index contributed by atoms with van der Waals surface area (Å²) in [6, 6.07) is 11.6. The van der Waals surface area contributed by atoms with E-state index in [2.05, 4.69) is 5.32 Å². The fourth-order valence-corrected chi connectivity index (χ4v) is 3.04. The van der Waals surface area contributed by atoms with Crippen LogP contribution in [0.1, 0.15) is 12.8 Å². The molecule has 0 aliphatic rings. The van der Waals surface area contributed by atoms with Crippen LogP contribution in [0.3, 0.4) is 0 Å². The Hall–Kier alpha value is -2.25. The lowest BCUT2D eigenvalue weighted by Gasteiger charge is -2.10. The van der Waals surface area contributed by atoms with Crippen LogP contribution in [0.5, 0.6) is 5.75 Å². The highest BCUT2D eigenvalue weighted by Crippen LogP contribution is 2.29. The average Bonchev–Trinajstić information content (AvgIpc) is 2.60. The van der Waals surface area contributed by atoms with Gasteiger partial charge in [0, 0.05) is 22.4 Å². The Morgan fingerprint density at radius 3 is 2.64 bits per heavy atom. The van der Waals surface area contributed by atoms with Crippen molar-refractivity contribution < 1.29 is 14.5 Å². The van der Waals surface area contributed by atoms with Gasteiger partial charge in [0.25, 0.3) is 5.69 Å². The number of anilines is 1. The molecule has 0 heterocycles. The molecule has 0 aromatic heterocycles. The molecule has 132 valence electrons. The number of ether oxygens (including phenoxy) is 1. The van der Waals surface area contributed by atoms with Crippen molar-refractivity contribution in [3.63, 3.8) is 0 Å². The van der Waals surface area contributed by atoms with Crippen LogP contribution in [-0.2, 0) is 4.79 Å². The quantitative estimate of drug-likeness (QED) is 0.309. The number of nitro benzene ring substituents is 1. The fourth-order valence-electron chi connectivity index (χ4n) is 2.06. The van der Waals surface area contributed by atoms with E-state index in [0.29, 0.717) is 23.6 Å². The number of carbonyl (C=O) groups is 1. The molecule has 0 bridgehead atoms. The first kappa shape index (κ1) is 19.1. The predicted molar refractivity (Wildman–Crippen MR) is 99.7 cm³/mol. The molecule has 0 radical (unpaired) electrons. The number of nitrogens with zero attached hydrogens (tertiary/aromatic N) is 1. The number of amides is 1. The van der Waals surface area contributed by atoms with E-state index in [4.69, 9.17) is 16.3 Å². The van der Waals surface area contributed by atoms with Gasteiger partial charge in [0.1, 0.15) is 5.75 Å². The van der Waals surface area contributed by atoms with E-state index in [0.717, 1.165) is 10.6 Å². The Labute approximate surface area is 154 Å². The number of hydrogen-bond donors (Lipinski definition) is 1. The molecule has 0 aliphatic heterocycles. The van der Waals surface area contributed by atoms with Gasteiger partial charge in [0.2, 0.25) is 5.91 Å². The first-order valence-electron chi connectivity index (χ1n) is 7.50. The van der Waals surface area contributed by atoms with Gasteiger partial charge < -0.3 is 10.1 Å². The second-order valence-corrected chi connectivity index (χ2v) is 6.70. The summed E-state index contributed by atoms with van der Waals surface area (Å²) in [4.78, 5) is 23.4. The van der Waals surface area contributed by atoms with Crippen LogP contribution in [0, 0.1) is 10.1 Å². The largest absolute Gasteiger partial charge is 0.494 e. The maximum Gasteiger partial charge on any atom is 0.273 e. The smallest absolute Gasteiger partial charge is 0.273 e. The monoisotopic (exact) mass is 380 g/mol. The zero-order valence-electron chi connectivity index (χ0n) is 13.5. The highest BCUT2D eigenvalue weighted by Gasteiger charge is 2.13. The SMILES string of the molecule is COc1cc([N+](=O)[O-])ccc1NC(=O)CCCSc1ccc(Cl)cc1. The molecule has 1 amide bonds. The molecule has 0 saturated carbocycles. The van der Waals surface area contributed by atoms with Crippen molar-refractivity contribution in [1.82, 2.24) is 0 Å². The summed E-state index contributed by atoms with van der Waals surface area (Å²) in [5, 5.41) is 14.2. The molecular formula is C17H17ClN2O4S. The van der Waals surface area contributed by atoms with Crippen LogP contribution in [0.2, 0.25) is 5.02 Å². The van der Waals surface area contributed by atoms with E-state index in [-0.39, 0.29) is 17.3 Å². The van der Waals surface area contributed by atoms with Gasteiger partial charge in [-0.2, -0.15) is 0 Å². The number of non-ortho nitro benzene ring substituents is 1. The third kappa shape index (κ3) is 5.95. The summed E-state index contributed by atoms with van der Waals surface area (Å²) in [5.41, 5.74) is 0.331. The van der Waals surface area contributed by atoms with Crippen molar-refractivity contribution in [1.29, 1.82) is 0 Å². The summed E-state index contributed by atoms with van der Waals surface area (Å²) >= 11 is 7.49. The van der Waals surface area contributed by atoms with Crippen LogP contribution in [0.4, 0.5) is 11.4 Å². The minimum absolute atomic E-state index is 0.0887. The number of carbonyl (C=O) groups excluding carboxylic acids is 1. The van der Waals surface area contributed by atoms with E-state index in [1.807, 2.05) is 24.3 Å². The van der Waals surface area contributed by atoms with E-state index in [1.54, 1.807) is 11.8 Å². The van der Waals surface area contributed by atoms with E-state index >= 15 is 0 Å². The minimum Gasteiger partial charge on any atom is -0.494 e. The second-order valence-electron chi connectivity index (χ2n) is 5.10. The Morgan fingerprint density at radius 1 is 1.28 bits per heavy atom. The highest BCUT2D eigenvalue weighted by atomic mass is 35.5. The Morgan fingerprint density at radius 2 is 2.00 bits per heavy atom. The molecule has 6 nitrogen and oxygen atoms in total. The number of nitrogens with one attached hydrogen (secondary N) is 1. The molecule has 2 rings (SSSR count). The van der Waals surface area contributed by atoms with Crippen molar-refractivity contribution in [2.45, 2.75) is 17.7 Å². The van der Waals surface area contributed by atoms with Gasteiger partial charge in [-0.1, -0.05) is 11.6 Å². The van der Waals surface area contributed by atoms with Gasteiger partial charge in [0.15, 0.2) is 0 Å². The van der Waals surface area contributed by atoms with Crippen molar-refractivity contribution in [3.05, 3.63) is 57.6 Å². The number of rotatable bonds is 8. The summed E-state index contributed by atoms with van der Waals surface area (Å²) in [6.45, 7) is 0. The number of nitro groups is 1. The number of benzene rings is 2. The Bertz CT molecular complexity index is 753. The summed E-state index contributed by atoms with van der Waals surface area (Å²) in [6.07, 6.45) is 1.05. The maximum atomic E-state index is 12.0. The minimum atomic E-state index is -0.512. The third-order valence-corrected chi connectivity index (χ3v) is 4.65. The molecule has 1 N–H and O–H groups in total. The standard InChI is InChI=1S/C17H17ClN2O4S/c1-24-16-11-13(20(22)23)6-9-15(16)19-17(21)3-2-10-25-14-7-4-12(18)5-8-14/h4-9,11H,2-3,10H2,1H3,(H,19,21). The third-order valence-electron chi connectivity index (χ3n) is 3.30. The average molecular weight is 381 g/mol. The molecule has 0 spiro atoms. The van der Waals surface area contributed by atoms with E-state index < -0.39 is 4.92 Å². The maximum absolute atomic E-state index is 12.0. The molecule has 0 atom stereocenters. The van der Waals surface area contributed by atoms with Crippen LogP contribution in [0.15, 0.2) is 47.4 Å². The molecule has 0 saturated heterocycles. The highest BCUT2D eigenvalue weighted by molar-refractivity contribution is 7.99. The molecule has 25 heavy (non-hydrogen) atoms. The fraction of sp³-hybridized carbons (Fsp3) is 0.235. The number of halogens is 1. The molecule has 0 fully saturated rings. The number of hydrogen-bond acceptors (Lipinski definition) is 5. The van der Waals surface area contributed by atoms with Crippen molar-refractivity contribution in [2.24, 2.45) is 0 Å². The van der Waals surface area contributed by atoms with Gasteiger partial charge in [-0.15, -0.1) is 11.8 Å².